The van der Waals surface area contributed by atoms with Crippen LogP contribution in [0.4, 0.5) is 4.39 Å². The lowest BCUT2D eigenvalue weighted by atomic mass is 9.95. The number of thioether (sulfide) groups is 1. The van der Waals surface area contributed by atoms with E-state index in [2.05, 4.69) is 15.3 Å². The number of aromatic nitrogens is 3. The van der Waals surface area contributed by atoms with Gasteiger partial charge in [-0.1, -0.05) is 31.0 Å². The molecule has 3 aromatic rings. The van der Waals surface area contributed by atoms with Gasteiger partial charge in [0.25, 0.3) is 5.56 Å². The van der Waals surface area contributed by atoms with E-state index in [1.165, 1.54) is 47.0 Å². The van der Waals surface area contributed by atoms with Gasteiger partial charge < -0.3 is 10.3 Å². The van der Waals surface area contributed by atoms with E-state index in [4.69, 9.17) is 0 Å². The number of aryl methyl sites for hydroxylation is 1. The summed E-state index contributed by atoms with van der Waals surface area (Å²) < 4.78 is 14.8. The third-order valence-electron chi connectivity index (χ3n) is 5.14. The number of aromatic amines is 1. The van der Waals surface area contributed by atoms with Crippen LogP contribution in [0, 0.1) is 12.7 Å². The smallest absolute Gasteiger partial charge is 0.283 e. The lowest BCUT2D eigenvalue weighted by molar-refractivity contribution is -0.119. The molecule has 2 heterocycles. The highest BCUT2D eigenvalue weighted by Gasteiger charge is 2.19. The first-order valence-corrected chi connectivity index (χ1v) is 10.8. The summed E-state index contributed by atoms with van der Waals surface area (Å²) in [5, 5.41) is 3.49. The quantitative estimate of drug-likeness (QED) is 0.493. The summed E-state index contributed by atoms with van der Waals surface area (Å²) in [5.41, 5.74) is 2.01. The van der Waals surface area contributed by atoms with E-state index in [0.717, 1.165) is 31.4 Å². The second kappa shape index (κ2) is 8.41. The monoisotopic (exact) mass is 414 g/mol. The van der Waals surface area contributed by atoms with Crippen LogP contribution in [-0.4, -0.2) is 32.2 Å². The molecule has 0 aliphatic heterocycles. The first kappa shape index (κ1) is 19.7. The van der Waals surface area contributed by atoms with Crippen LogP contribution in [0.15, 0.2) is 40.3 Å². The Balaban J connectivity index is 1.63. The summed E-state index contributed by atoms with van der Waals surface area (Å²) in [4.78, 5) is 33.2. The number of hydrogen-bond donors (Lipinski definition) is 2. The standard InChI is InChI=1S/C21H23FN4O2S/c1-13-11-17-19(23-13)20(28)26(16-9-7-14(22)8-10-16)21(25-17)29-12-18(27)24-15-5-3-2-4-6-15/h7-11,15,23H,2-6,12H2,1H3,(H,24,27). The predicted octanol–water partition coefficient (Wildman–Crippen LogP) is 3.70. The zero-order chi connectivity index (χ0) is 20.4. The molecule has 0 saturated heterocycles. The highest BCUT2D eigenvalue weighted by molar-refractivity contribution is 7.99. The van der Waals surface area contributed by atoms with Crippen LogP contribution in [0.25, 0.3) is 16.7 Å². The molecule has 152 valence electrons. The number of nitrogens with zero attached hydrogens (tertiary/aromatic N) is 2. The van der Waals surface area contributed by atoms with Crippen LogP contribution in [-0.2, 0) is 4.79 Å². The van der Waals surface area contributed by atoms with Crippen molar-refractivity contribution in [3.05, 3.63) is 52.2 Å². The predicted molar refractivity (Wildman–Crippen MR) is 112 cm³/mol. The van der Waals surface area contributed by atoms with Crippen LogP contribution in [0.5, 0.6) is 0 Å². The average Bonchev–Trinajstić information content (AvgIpc) is 3.09. The van der Waals surface area contributed by atoms with Gasteiger partial charge in [-0.25, -0.2) is 9.37 Å². The van der Waals surface area contributed by atoms with Crippen LogP contribution in [0.3, 0.4) is 0 Å². The van der Waals surface area contributed by atoms with Gasteiger partial charge in [0.1, 0.15) is 11.3 Å². The van der Waals surface area contributed by atoms with E-state index >= 15 is 0 Å². The Morgan fingerprint density at radius 2 is 2.00 bits per heavy atom. The molecule has 8 heteroatoms. The second-order valence-electron chi connectivity index (χ2n) is 7.42. The first-order valence-electron chi connectivity index (χ1n) is 9.82. The van der Waals surface area contributed by atoms with Gasteiger partial charge in [-0.2, -0.15) is 0 Å². The molecule has 1 saturated carbocycles. The molecule has 4 rings (SSSR count). The lowest BCUT2D eigenvalue weighted by Gasteiger charge is -2.22. The molecular weight excluding hydrogens is 391 g/mol. The molecule has 1 aromatic carbocycles. The van der Waals surface area contributed by atoms with E-state index in [0.29, 0.717) is 21.9 Å². The number of hydrogen-bond acceptors (Lipinski definition) is 4. The average molecular weight is 415 g/mol. The molecule has 2 N–H and O–H groups in total. The van der Waals surface area contributed by atoms with Crippen molar-refractivity contribution < 1.29 is 9.18 Å². The van der Waals surface area contributed by atoms with Gasteiger partial charge in [0, 0.05) is 11.7 Å². The summed E-state index contributed by atoms with van der Waals surface area (Å²) >= 11 is 1.21. The van der Waals surface area contributed by atoms with Crippen molar-refractivity contribution >= 4 is 28.7 Å². The fraction of sp³-hybridized carbons (Fsp3) is 0.381. The molecule has 0 unspecified atom stereocenters. The number of halogens is 1. The third-order valence-corrected chi connectivity index (χ3v) is 6.08. The van der Waals surface area contributed by atoms with Gasteiger partial charge in [0.15, 0.2) is 5.16 Å². The molecule has 1 aliphatic rings. The third kappa shape index (κ3) is 4.37. The highest BCUT2D eigenvalue weighted by Crippen LogP contribution is 2.22. The normalized spacial score (nSPS) is 15.0. The minimum absolute atomic E-state index is 0.0628. The Hall–Kier alpha value is -2.61. The minimum Gasteiger partial charge on any atom is -0.353 e. The number of H-pyrrole nitrogens is 1. The maximum absolute atomic E-state index is 13.4. The summed E-state index contributed by atoms with van der Waals surface area (Å²) in [6.07, 6.45) is 5.55. The molecule has 0 radical (unpaired) electrons. The topological polar surface area (TPSA) is 79.8 Å². The van der Waals surface area contributed by atoms with Gasteiger partial charge in [-0.05, 0) is 50.1 Å². The largest absolute Gasteiger partial charge is 0.353 e. The Kier molecular flexibility index (Phi) is 5.71. The number of benzene rings is 1. The number of rotatable bonds is 5. The Morgan fingerprint density at radius 3 is 2.72 bits per heavy atom. The number of carbonyl (C=O) groups excluding carboxylic acids is 1. The molecule has 1 aliphatic carbocycles. The van der Waals surface area contributed by atoms with Crippen molar-refractivity contribution in [3.8, 4) is 5.69 Å². The van der Waals surface area contributed by atoms with Crippen molar-refractivity contribution in [3.63, 3.8) is 0 Å². The summed E-state index contributed by atoms with van der Waals surface area (Å²) in [6, 6.07) is 7.71. The van der Waals surface area contributed by atoms with E-state index < -0.39 is 0 Å². The Labute approximate surface area is 171 Å². The molecule has 0 bridgehead atoms. The lowest BCUT2D eigenvalue weighted by Crippen LogP contribution is -2.37. The van der Waals surface area contributed by atoms with E-state index in [-0.39, 0.29) is 29.1 Å². The van der Waals surface area contributed by atoms with Crippen molar-refractivity contribution in [2.45, 2.75) is 50.2 Å². The number of nitrogens with one attached hydrogen (secondary N) is 2. The SMILES string of the molecule is Cc1cc2nc(SCC(=O)NC3CCCCC3)n(-c3ccc(F)cc3)c(=O)c2[nH]1. The van der Waals surface area contributed by atoms with E-state index in [1.807, 2.05) is 6.92 Å². The van der Waals surface area contributed by atoms with Crippen molar-refractivity contribution in [1.82, 2.24) is 19.9 Å². The second-order valence-corrected chi connectivity index (χ2v) is 8.36. The molecule has 2 aromatic heterocycles. The number of carbonyl (C=O) groups is 1. The minimum atomic E-state index is -0.382. The Morgan fingerprint density at radius 1 is 1.28 bits per heavy atom. The van der Waals surface area contributed by atoms with E-state index in [9.17, 15) is 14.0 Å². The van der Waals surface area contributed by atoms with Crippen molar-refractivity contribution in [2.75, 3.05) is 5.75 Å². The number of amides is 1. The fourth-order valence-electron chi connectivity index (χ4n) is 3.74. The fourth-order valence-corrected chi connectivity index (χ4v) is 4.56. The molecule has 1 amide bonds. The van der Waals surface area contributed by atoms with Crippen molar-refractivity contribution in [2.24, 2.45) is 0 Å². The first-order chi connectivity index (χ1) is 14.0. The van der Waals surface area contributed by atoms with Gasteiger partial charge in [-0.15, -0.1) is 0 Å². The maximum Gasteiger partial charge on any atom is 0.283 e. The van der Waals surface area contributed by atoms with E-state index in [1.54, 1.807) is 6.07 Å². The number of fused-ring (bicyclic) bond motifs is 1. The van der Waals surface area contributed by atoms with Crippen LogP contribution < -0.4 is 10.9 Å². The van der Waals surface area contributed by atoms with Gasteiger partial charge in [-0.3, -0.25) is 14.2 Å². The molecule has 29 heavy (non-hydrogen) atoms. The molecule has 1 fully saturated rings. The summed E-state index contributed by atoms with van der Waals surface area (Å²) in [7, 11) is 0. The molecular formula is C21H23FN4O2S. The molecule has 0 spiro atoms. The van der Waals surface area contributed by atoms with Crippen LogP contribution in [0.2, 0.25) is 0 Å². The van der Waals surface area contributed by atoms with Gasteiger partial charge >= 0.3 is 0 Å². The molecule has 0 atom stereocenters. The molecule has 6 nitrogen and oxygen atoms in total. The zero-order valence-electron chi connectivity index (χ0n) is 16.2. The van der Waals surface area contributed by atoms with Crippen molar-refractivity contribution in [1.29, 1.82) is 0 Å². The van der Waals surface area contributed by atoms with Crippen LogP contribution in [0.1, 0.15) is 37.8 Å². The maximum atomic E-state index is 13.4. The van der Waals surface area contributed by atoms with Crippen LogP contribution >= 0.6 is 11.8 Å². The van der Waals surface area contributed by atoms with Gasteiger partial charge in [0.2, 0.25) is 5.91 Å². The van der Waals surface area contributed by atoms with Gasteiger partial charge in [0.05, 0.1) is 17.0 Å². The summed E-state index contributed by atoms with van der Waals surface area (Å²) in [5.74, 6) is -0.279. The zero-order valence-corrected chi connectivity index (χ0v) is 17.0. The summed E-state index contributed by atoms with van der Waals surface area (Å²) in [6.45, 7) is 1.85. The Bertz CT molecular complexity index is 1080. The highest BCUT2D eigenvalue weighted by atomic mass is 32.2.